The fourth-order valence-corrected chi connectivity index (χ4v) is 2.06. The molecule has 5 heteroatoms. The molecule has 0 aromatic heterocycles. The second-order valence-electron chi connectivity index (χ2n) is 4.31. The predicted octanol–water partition coefficient (Wildman–Crippen LogP) is 0.480. The zero-order valence-corrected chi connectivity index (χ0v) is 10.6. The summed E-state index contributed by atoms with van der Waals surface area (Å²) in [6, 6.07) is 5.93. The van der Waals surface area contributed by atoms with E-state index >= 15 is 0 Å². The summed E-state index contributed by atoms with van der Waals surface area (Å²) in [6.45, 7) is 2.11. The molecule has 1 amide bonds. The van der Waals surface area contributed by atoms with Crippen molar-refractivity contribution in [2.75, 3.05) is 31.6 Å². The Bertz CT molecular complexity index is 434. The van der Waals surface area contributed by atoms with Gasteiger partial charge in [0.1, 0.15) is 5.75 Å². The number of fused-ring (bicyclic) bond motifs is 1. The van der Waals surface area contributed by atoms with Gasteiger partial charge in [0, 0.05) is 13.1 Å². The summed E-state index contributed by atoms with van der Waals surface area (Å²) in [7, 11) is 1.90. The first kappa shape index (κ1) is 12.9. The maximum atomic E-state index is 11.9. The Labute approximate surface area is 107 Å². The van der Waals surface area contributed by atoms with Gasteiger partial charge in [-0.15, -0.1) is 0 Å². The highest BCUT2D eigenvalue weighted by Crippen LogP contribution is 2.32. The third kappa shape index (κ3) is 2.63. The first-order chi connectivity index (χ1) is 8.76. The van der Waals surface area contributed by atoms with Crippen LogP contribution in [0, 0.1) is 0 Å². The molecule has 18 heavy (non-hydrogen) atoms. The highest BCUT2D eigenvalue weighted by Gasteiger charge is 2.25. The SMILES string of the molecule is CNCc1ccc2c(c1)N(CCCN)C(=O)CO2. The van der Waals surface area contributed by atoms with Crippen molar-refractivity contribution in [2.24, 2.45) is 5.73 Å². The number of carbonyl (C=O) groups excluding carboxylic acids is 1. The molecule has 2 rings (SSSR count). The number of nitrogens with one attached hydrogen (secondary N) is 1. The van der Waals surface area contributed by atoms with Gasteiger partial charge in [-0.25, -0.2) is 0 Å². The molecule has 1 aliphatic heterocycles. The van der Waals surface area contributed by atoms with E-state index in [1.165, 1.54) is 0 Å². The molecule has 0 radical (unpaired) electrons. The zero-order chi connectivity index (χ0) is 13.0. The average molecular weight is 249 g/mol. The van der Waals surface area contributed by atoms with E-state index in [4.69, 9.17) is 10.5 Å². The molecule has 0 unspecified atom stereocenters. The van der Waals surface area contributed by atoms with Crippen molar-refractivity contribution < 1.29 is 9.53 Å². The summed E-state index contributed by atoms with van der Waals surface area (Å²) < 4.78 is 5.44. The first-order valence-corrected chi connectivity index (χ1v) is 6.17. The Kier molecular flexibility index (Phi) is 4.17. The van der Waals surface area contributed by atoms with Gasteiger partial charge in [0.2, 0.25) is 0 Å². The van der Waals surface area contributed by atoms with E-state index in [9.17, 15) is 4.79 Å². The maximum Gasteiger partial charge on any atom is 0.265 e. The van der Waals surface area contributed by atoms with Crippen LogP contribution in [0.3, 0.4) is 0 Å². The third-order valence-electron chi connectivity index (χ3n) is 2.93. The topological polar surface area (TPSA) is 67.6 Å². The summed E-state index contributed by atoms with van der Waals surface area (Å²) in [6.07, 6.45) is 0.793. The van der Waals surface area contributed by atoms with Gasteiger partial charge in [-0.05, 0) is 37.7 Å². The number of ether oxygens (including phenoxy) is 1. The van der Waals surface area contributed by atoms with Gasteiger partial charge in [0.15, 0.2) is 6.61 Å². The molecule has 1 heterocycles. The van der Waals surface area contributed by atoms with Gasteiger partial charge in [0.05, 0.1) is 5.69 Å². The number of amides is 1. The van der Waals surface area contributed by atoms with Crippen molar-refractivity contribution in [3.8, 4) is 5.75 Å². The van der Waals surface area contributed by atoms with E-state index < -0.39 is 0 Å². The molecule has 1 aromatic rings. The van der Waals surface area contributed by atoms with Crippen molar-refractivity contribution >= 4 is 11.6 Å². The molecule has 0 fully saturated rings. The lowest BCUT2D eigenvalue weighted by molar-refractivity contribution is -0.121. The minimum atomic E-state index is -0.00226. The molecule has 0 saturated heterocycles. The normalized spacial score (nSPS) is 14.3. The number of benzene rings is 1. The van der Waals surface area contributed by atoms with Crippen LogP contribution in [0.25, 0.3) is 0 Å². The fraction of sp³-hybridized carbons (Fsp3) is 0.462. The van der Waals surface area contributed by atoms with E-state index in [2.05, 4.69) is 5.32 Å². The summed E-state index contributed by atoms with van der Waals surface area (Å²) >= 11 is 0. The van der Waals surface area contributed by atoms with Crippen LogP contribution in [0.1, 0.15) is 12.0 Å². The lowest BCUT2D eigenvalue weighted by atomic mass is 10.1. The van der Waals surface area contributed by atoms with Crippen molar-refractivity contribution in [3.63, 3.8) is 0 Å². The third-order valence-corrected chi connectivity index (χ3v) is 2.93. The number of anilines is 1. The second-order valence-corrected chi connectivity index (χ2v) is 4.31. The van der Waals surface area contributed by atoms with Gasteiger partial charge in [-0.1, -0.05) is 6.07 Å². The van der Waals surface area contributed by atoms with Crippen LogP contribution < -0.4 is 20.7 Å². The minimum absolute atomic E-state index is 0.00226. The fourth-order valence-electron chi connectivity index (χ4n) is 2.06. The van der Waals surface area contributed by atoms with Crippen molar-refractivity contribution in [1.29, 1.82) is 0 Å². The Morgan fingerprint density at radius 2 is 2.33 bits per heavy atom. The van der Waals surface area contributed by atoms with E-state index in [0.717, 1.165) is 30.0 Å². The van der Waals surface area contributed by atoms with Crippen LogP contribution in [-0.2, 0) is 11.3 Å². The lowest BCUT2D eigenvalue weighted by Gasteiger charge is -2.29. The molecular weight excluding hydrogens is 230 g/mol. The molecule has 5 nitrogen and oxygen atoms in total. The highest BCUT2D eigenvalue weighted by molar-refractivity contribution is 5.97. The number of rotatable bonds is 5. The number of nitrogens with zero attached hydrogens (tertiary/aromatic N) is 1. The second kappa shape index (κ2) is 5.84. The molecule has 0 spiro atoms. The Hall–Kier alpha value is -1.59. The van der Waals surface area contributed by atoms with Gasteiger partial charge in [0.25, 0.3) is 5.91 Å². The van der Waals surface area contributed by atoms with Crippen LogP contribution >= 0.6 is 0 Å². The Balaban J connectivity index is 2.27. The highest BCUT2D eigenvalue weighted by atomic mass is 16.5. The van der Waals surface area contributed by atoms with E-state index in [1.807, 2.05) is 25.2 Å². The number of nitrogens with two attached hydrogens (primary N) is 1. The number of hydrogen-bond acceptors (Lipinski definition) is 4. The van der Waals surface area contributed by atoms with Gasteiger partial charge in [-0.2, -0.15) is 0 Å². The summed E-state index contributed by atoms with van der Waals surface area (Å²) in [5.41, 5.74) is 7.50. The van der Waals surface area contributed by atoms with Crippen LogP contribution in [0.5, 0.6) is 5.75 Å². The van der Waals surface area contributed by atoms with Crippen molar-refractivity contribution in [3.05, 3.63) is 23.8 Å². The standard InChI is InChI=1S/C13H19N3O2/c1-15-8-10-3-4-12-11(7-10)16(6-2-5-14)13(17)9-18-12/h3-4,7,15H,2,5-6,8-9,14H2,1H3. The minimum Gasteiger partial charge on any atom is -0.482 e. The molecule has 0 atom stereocenters. The summed E-state index contributed by atoms with van der Waals surface area (Å²) in [4.78, 5) is 13.6. The monoisotopic (exact) mass is 249 g/mol. The zero-order valence-electron chi connectivity index (χ0n) is 10.6. The predicted molar refractivity (Wildman–Crippen MR) is 70.7 cm³/mol. The van der Waals surface area contributed by atoms with Crippen LogP contribution in [0.2, 0.25) is 0 Å². The summed E-state index contributed by atoms with van der Waals surface area (Å²) in [5.74, 6) is 0.768. The molecule has 1 aliphatic rings. The van der Waals surface area contributed by atoms with Gasteiger partial charge < -0.3 is 20.7 Å². The smallest absolute Gasteiger partial charge is 0.265 e. The van der Waals surface area contributed by atoms with Crippen LogP contribution in [0.4, 0.5) is 5.69 Å². The number of hydrogen-bond donors (Lipinski definition) is 2. The molecule has 0 saturated carbocycles. The maximum absolute atomic E-state index is 11.9. The van der Waals surface area contributed by atoms with Crippen molar-refractivity contribution in [2.45, 2.75) is 13.0 Å². The van der Waals surface area contributed by atoms with E-state index in [-0.39, 0.29) is 12.5 Å². The first-order valence-electron chi connectivity index (χ1n) is 6.17. The quantitative estimate of drug-likeness (QED) is 0.796. The molecule has 98 valence electrons. The van der Waals surface area contributed by atoms with Gasteiger partial charge >= 0.3 is 0 Å². The van der Waals surface area contributed by atoms with Crippen molar-refractivity contribution in [1.82, 2.24) is 5.32 Å². The molecule has 0 bridgehead atoms. The Morgan fingerprint density at radius 1 is 1.50 bits per heavy atom. The molecule has 0 aliphatic carbocycles. The lowest BCUT2D eigenvalue weighted by Crippen LogP contribution is -2.40. The average Bonchev–Trinajstić information content (AvgIpc) is 2.38. The van der Waals surface area contributed by atoms with Crippen LogP contribution in [0.15, 0.2) is 18.2 Å². The molecule has 1 aromatic carbocycles. The largest absolute Gasteiger partial charge is 0.482 e. The van der Waals surface area contributed by atoms with Crippen LogP contribution in [-0.4, -0.2) is 32.7 Å². The Morgan fingerprint density at radius 3 is 3.06 bits per heavy atom. The van der Waals surface area contributed by atoms with Gasteiger partial charge in [-0.3, -0.25) is 4.79 Å². The number of carbonyl (C=O) groups is 1. The van der Waals surface area contributed by atoms with E-state index in [0.29, 0.717) is 13.1 Å². The molecule has 3 N–H and O–H groups in total. The van der Waals surface area contributed by atoms with E-state index in [1.54, 1.807) is 4.90 Å². The molecular formula is C13H19N3O2. The summed E-state index contributed by atoms with van der Waals surface area (Å²) in [5, 5.41) is 3.10.